The molecule has 0 heterocycles. The number of rotatable bonds is 8. The number of nitrogens with one attached hydrogen (secondary N) is 2. The van der Waals surface area contributed by atoms with E-state index in [1.807, 2.05) is 7.05 Å². The van der Waals surface area contributed by atoms with Gasteiger partial charge in [0.1, 0.15) is 12.3 Å². The first kappa shape index (κ1) is 20.8. The van der Waals surface area contributed by atoms with Crippen LogP contribution < -0.4 is 15.0 Å². The van der Waals surface area contributed by atoms with E-state index in [9.17, 15) is 22.0 Å². The molecule has 0 bridgehead atoms. The number of hydrogen-bond donors (Lipinski definition) is 2. The second kappa shape index (κ2) is 8.92. The predicted molar refractivity (Wildman–Crippen MR) is 96.7 cm³/mol. The van der Waals surface area contributed by atoms with Crippen LogP contribution in [0.4, 0.5) is 14.5 Å². The number of carbonyl (C=O) groups is 1. The summed E-state index contributed by atoms with van der Waals surface area (Å²) in [5.74, 6) is -0.189. The van der Waals surface area contributed by atoms with Gasteiger partial charge in [0.2, 0.25) is 0 Å². The molecule has 2 aromatic rings. The molecule has 0 saturated heterocycles. The zero-order valence-electron chi connectivity index (χ0n) is 14.9. The average molecular weight is 399 g/mol. The highest BCUT2D eigenvalue weighted by Crippen LogP contribution is 2.15. The molecule has 0 spiro atoms. The Labute approximate surface area is 156 Å². The average Bonchev–Trinajstić information content (AvgIpc) is 2.55. The summed E-state index contributed by atoms with van der Waals surface area (Å²) in [7, 11) is -1.53. The number of quaternary nitrogens is 1. The number of hydrogen-bond acceptors (Lipinski definition) is 4. The number of likely N-dealkylation sites (N-methyl/N-ethyl adjacent to an activating group) is 1. The summed E-state index contributed by atoms with van der Waals surface area (Å²) >= 11 is 0. The first-order valence-corrected chi connectivity index (χ1v) is 9.97. The highest BCUT2D eigenvalue weighted by Gasteiger charge is 2.13. The number of ether oxygens (including phenoxy) is 1. The minimum absolute atomic E-state index is 0.0786. The van der Waals surface area contributed by atoms with Crippen LogP contribution in [-0.4, -0.2) is 40.8 Å². The molecule has 0 saturated carbocycles. The molecule has 0 aliphatic rings. The number of benzene rings is 2. The van der Waals surface area contributed by atoms with Crippen molar-refractivity contribution < 1.29 is 31.6 Å². The molecule has 2 N–H and O–H groups in total. The minimum Gasteiger partial charge on any atom is -0.435 e. The van der Waals surface area contributed by atoms with Gasteiger partial charge in [-0.1, -0.05) is 6.07 Å². The summed E-state index contributed by atoms with van der Waals surface area (Å²) in [5.41, 5.74) is 1.27. The Balaban J connectivity index is 1.90. The van der Waals surface area contributed by atoms with Crippen LogP contribution in [0.15, 0.2) is 53.4 Å². The van der Waals surface area contributed by atoms with E-state index < -0.39 is 16.4 Å². The molecular weight excluding hydrogens is 378 g/mol. The summed E-state index contributed by atoms with van der Waals surface area (Å²) < 4.78 is 51.7. The molecule has 9 heteroatoms. The van der Waals surface area contributed by atoms with E-state index in [4.69, 9.17) is 0 Å². The van der Waals surface area contributed by atoms with E-state index in [-0.39, 0.29) is 23.1 Å². The molecule has 0 aliphatic carbocycles. The third-order valence-electron chi connectivity index (χ3n) is 3.66. The van der Waals surface area contributed by atoms with Crippen molar-refractivity contribution in [1.29, 1.82) is 0 Å². The van der Waals surface area contributed by atoms with Crippen molar-refractivity contribution in [1.82, 2.24) is 0 Å². The van der Waals surface area contributed by atoms with Gasteiger partial charge in [-0.05, 0) is 42.5 Å². The summed E-state index contributed by atoms with van der Waals surface area (Å²) in [5, 5.41) is 2.67. The second-order valence-corrected chi connectivity index (χ2v) is 8.20. The lowest BCUT2D eigenvalue weighted by molar-refractivity contribution is -0.885. The maximum Gasteiger partial charge on any atom is 0.387 e. The van der Waals surface area contributed by atoms with Crippen molar-refractivity contribution >= 4 is 21.4 Å². The molecule has 2 aromatic carbocycles. The standard InChI is InChI=1S/C18H20F2N2O4S/c1-22(11-13-6-8-15(9-7-13)26-18(19)20)12-17(23)21-14-4-3-5-16(10-14)27(2,24)25/h3-10,18H,11-12H2,1-2H3,(H,21,23)/p+1. The van der Waals surface area contributed by atoms with Crippen molar-refractivity contribution in [2.24, 2.45) is 0 Å². The lowest BCUT2D eigenvalue weighted by Gasteiger charge is -2.14. The van der Waals surface area contributed by atoms with Gasteiger partial charge < -0.3 is 15.0 Å². The van der Waals surface area contributed by atoms with Crippen molar-refractivity contribution in [3.63, 3.8) is 0 Å². The van der Waals surface area contributed by atoms with E-state index >= 15 is 0 Å². The Morgan fingerprint density at radius 3 is 2.44 bits per heavy atom. The SMILES string of the molecule is C[NH+](CC(=O)Nc1cccc(S(C)(=O)=O)c1)Cc1ccc(OC(F)F)cc1. The van der Waals surface area contributed by atoms with Gasteiger partial charge in [0.05, 0.1) is 11.9 Å². The maximum absolute atomic E-state index is 12.2. The number of anilines is 1. The molecule has 0 aliphatic heterocycles. The molecule has 2 rings (SSSR count). The van der Waals surface area contributed by atoms with E-state index in [1.165, 1.54) is 24.3 Å². The van der Waals surface area contributed by atoms with Crippen LogP contribution in [0, 0.1) is 0 Å². The van der Waals surface area contributed by atoms with Crippen LogP contribution in [0.3, 0.4) is 0 Å². The van der Waals surface area contributed by atoms with Crippen LogP contribution in [0.25, 0.3) is 0 Å². The van der Waals surface area contributed by atoms with Gasteiger partial charge in [0.25, 0.3) is 5.91 Å². The van der Waals surface area contributed by atoms with Gasteiger partial charge in [-0.15, -0.1) is 0 Å². The van der Waals surface area contributed by atoms with Gasteiger partial charge in [0.15, 0.2) is 16.4 Å². The zero-order valence-corrected chi connectivity index (χ0v) is 15.7. The molecular formula is C18H21F2N2O4S+. The van der Waals surface area contributed by atoms with Crippen molar-refractivity contribution in [3.8, 4) is 5.75 Å². The zero-order chi connectivity index (χ0) is 20.0. The Bertz CT molecular complexity index is 886. The first-order chi connectivity index (χ1) is 12.6. The molecule has 1 unspecified atom stereocenters. The molecule has 1 amide bonds. The van der Waals surface area contributed by atoms with E-state index in [0.717, 1.165) is 16.7 Å². The number of alkyl halides is 2. The van der Waals surface area contributed by atoms with E-state index in [0.29, 0.717) is 12.2 Å². The third-order valence-corrected chi connectivity index (χ3v) is 4.77. The van der Waals surface area contributed by atoms with Crippen molar-refractivity contribution in [3.05, 3.63) is 54.1 Å². The van der Waals surface area contributed by atoms with Gasteiger partial charge in [-0.3, -0.25) is 4.79 Å². The Hall–Kier alpha value is -2.52. The Kier molecular flexibility index (Phi) is 6.86. The monoisotopic (exact) mass is 399 g/mol. The molecule has 146 valence electrons. The number of amides is 1. The number of halogens is 2. The van der Waals surface area contributed by atoms with Crippen LogP contribution in [-0.2, 0) is 21.2 Å². The van der Waals surface area contributed by atoms with Gasteiger partial charge in [0, 0.05) is 17.5 Å². The third kappa shape index (κ3) is 6.95. The summed E-state index contributed by atoms with van der Waals surface area (Å²) in [4.78, 5) is 13.2. The minimum atomic E-state index is -3.35. The lowest BCUT2D eigenvalue weighted by atomic mass is 10.2. The fraction of sp³-hybridized carbons (Fsp3) is 0.278. The fourth-order valence-corrected chi connectivity index (χ4v) is 3.15. The molecule has 0 fully saturated rings. The lowest BCUT2D eigenvalue weighted by Crippen LogP contribution is -3.08. The van der Waals surface area contributed by atoms with Crippen LogP contribution in [0.5, 0.6) is 5.75 Å². The molecule has 1 atom stereocenters. The van der Waals surface area contributed by atoms with Gasteiger partial charge in [-0.2, -0.15) is 8.78 Å². The predicted octanol–water partition coefficient (Wildman–Crippen LogP) is 1.34. The summed E-state index contributed by atoms with van der Waals surface area (Å²) in [6.45, 7) is -2.21. The number of sulfone groups is 1. The van der Waals surface area contributed by atoms with Gasteiger partial charge in [-0.25, -0.2) is 8.42 Å². The Morgan fingerprint density at radius 1 is 1.19 bits per heavy atom. The van der Waals surface area contributed by atoms with E-state index in [2.05, 4.69) is 10.1 Å². The Morgan fingerprint density at radius 2 is 1.85 bits per heavy atom. The molecule has 27 heavy (non-hydrogen) atoms. The summed E-state index contributed by atoms with van der Waals surface area (Å²) in [6.07, 6.45) is 1.10. The largest absolute Gasteiger partial charge is 0.435 e. The normalized spacial score (nSPS) is 12.6. The van der Waals surface area contributed by atoms with Gasteiger partial charge >= 0.3 is 6.61 Å². The topological polar surface area (TPSA) is 76.9 Å². The van der Waals surface area contributed by atoms with E-state index in [1.54, 1.807) is 24.3 Å². The molecule has 6 nitrogen and oxygen atoms in total. The maximum atomic E-state index is 12.2. The van der Waals surface area contributed by atoms with Crippen LogP contribution in [0.1, 0.15) is 5.56 Å². The second-order valence-electron chi connectivity index (χ2n) is 6.18. The first-order valence-electron chi connectivity index (χ1n) is 8.08. The quantitative estimate of drug-likeness (QED) is 0.703. The summed E-state index contributed by atoms with van der Waals surface area (Å²) in [6, 6.07) is 12.3. The van der Waals surface area contributed by atoms with Crippen molar-refractivity contribution in [2.75, 3.05) is 25.2 Å². The van der Waals surface area contributed by atoms with Crippen LogP contribution >= 0.6 is 0 Å². The molecule has 0 radical (unpaired) electrons. The highest BCUT2D eigenvalue weighted by atomic mass is 32.2. The highest BCUT2D eigenvalue weighted by molar-refractivity contribution is 7.90. The fourth-order valence-electron chi connectivity index (χ4n) is 2.48. The molecule has 0 aromatic heterocycles. The van der Waals surface area contributed by atoms with Crippen molar-refractivity contribution in [2.45, 2.75) is 18.1 Å². The smallest absolute Gasteiger partial charge is 0.387 e. The van der Waals surface area contributed by atoms with Crippen LogP contribution in [0.2, 0.25) is 0 Å². The number of carbonyl (C=O) groups excluding carboxylic acids is 1.